The summed E-state index contributed by atoms with van der Waals surface area (Å²) in [5, 5.41) is 3.85. The van der Waals surface area contributed by atoms with Crippen LogP contribution in [0.2, 0.25) is 10.0 Å². The van der Waals surface area contributed by atoms with E-state index in [1.807, 2.05) is 45.0 Å². The Bertz CT molecular complexity index is 830. The number of halogens is 2. The Morgan fingerprint density at radius 1 is 1.00 bits per heavy atom. The van der Waals surface area contributed by atoms with Gasteiger partial charge in [0.05, 0.1) is 6.42 Å². The highest BCUT2D eigenvalue weighted by Crippen LogP contribution is 2.27. The lowest BCUT2D eigenvalue weighted by Crippen LogP contribution is -2.48. The Morgan fingerprint density at radius 2 is 1.59 bits per heavy atom. The number of rotatable bonds is 8. The first kappa shape index (κ1) is 23.2. The van der Waals surface area contributed by atoms with Gasteiger partial charge in [-0.1, -0.05) is 72.9 Å². The minimum Gasteiger partial charge on any atom is -0.354 e. The summed E-state index contributed by atoms with van der Waals surface area (Å²) in [7, 11) is 0. The molecule has 0 heterocycles. The number of nitrogens with zero attached hydrogens (tertiary/aromatic N) is 1. The van der Waals surface area contributed by atoms with Gasteiger partial charge in [-0.2, -0.15) is 0 Å². The minimum absolute atomic E-state index is 0.156. The number of hydrogen-bond acceptors (Lipinski definition) is 2. The van der Waals surface area contributed by atoms with Gasteiger partial charge in [-0.15, -0.1) is 0 Å². The molecule has 0 spiro atoms. The predicted octanol–water partition coefficient (Wildman–Crippen LogP) is 5.03. The molecular weight excluding hydrogens is 407 g/mol. The van der Waals surface area contributed by atoms with Gasteiger partial charge in [-0.05, 0) is 37.5 Å². The zero-order valence-electron chi connectivity index (χ0n) is 17.3. The molecule has 2 amide bonds. The van der Waals surface area contributed by atoms with Crippen LogP contribution in [0, 0.1) is 12.8 Å². The molecule has 0 saturated heterocycles. The molecule has 0 saturated carbocycles. The highest BCUT2D eigenvalue weighted by molar-refractivity contribution is 6.36. The molecule has 156 valence electrons. The van der Waals surface area contributed by atoms with E-state index in [0.29, 0.717) is 28.1 Å². The number of hydrogen-bond donors (Lipinski definition) is 1. The van der Waals surface area contributed by atoms with Crippen LogP contribution in [0.15, 0.2) is 42.5 Å². The van der Waals surface area contributed by atoms with Gasteiger partial charge in [0, 0.05) is 28.7 Å². The van der Waals surface area contributed by atoms with Gasteiger partial charge in [-0.3, -0.25) is 9.59 Å². The molecule has 2 aromatic carbocycles. The van der Waals surface area contributed by atoms with E-state index < -0.39 is 6.04 Å². The maximum atomic E-state index is 13.2. The van der Waals surface area contributed by atoms with Gasteiger partial charge in [0.25, 0.3) is 0 Å². The molecule has 6 heteroatoms. The Balaban J connectivity index is 2.27. The van der Waals surface area contributed by atoms with Crippen molar-refractivity contribution in [2.75, 3.05) is 6.54 Å². The van der Waals surface area contributed by atoms with Crippen LogP contribution in [0.25, 0.3) is 0 Å². The van der Waals surface area contributed by atoms with Crippen molar-refractivity contribution in [2.24, 2.45) is 5.92 Å². The zero-order chi connectivity index (χ0) is 21.6. The Hall–Kier alpha value is -2.04. The first-order chi connectivity index (χ1) is 13.7. The summed E-state index contributed by atoms with van der Waals surface area (Å²) in [5.74, 6) is -0.0305. The molecule has 0 fully saturated rings. The van der Waals surface area contributed by atoms with E-state index in [2.05, 4.69) is 5.32 Å². The third kappa shape index (κ3) is 6.76. The van der Waals surface area contributed by atoms with Crippen molar-refractivity contribution in [2.45, 2.75) is 46.7 Å². The minimum atomic E-state index is -0.654. The van der Waals surface area contributed by atoms with Crippen molar-refractivity contribution in [1.29, 1.82) is 0 Å². The van der Waals surface area contributed by atoms with E-state index in [0.717, 1.165) is 11.1 Å². The first-order valence-electron chi connectivity index (χ1n) is 9.74. The van der Waals surface area contributed by atoms with E-state index >= 15 is 0 Å². The maximum absolute atomic E-state index is 13.2. The molecule has 0 aliphatic heterocycles. The van der Waals surface area contributed by atoms with Crippen LogP contribution in [-0.4, -0.2) is 29.3 Å². The van der Waals surface area contributed by atoms with Gasteiger partial charge >= 0.3 is 0 Å². The van der Waals surface area contributed by atoms with E-state index in [-0.39, 0.29) is 24.8 Å². The van der Waals surface area contributed by atoms with Crippen LogP contribution in [0.1, 0.15) is 37.5 Å². The molecule has 0 radical (unpaired) electrons. The van der Waals surface area contributed by atoms with Crippen LogP contribution in [0.5, 0.6) is 0 Å². The number of amides is 2. The van der Waals surface area contributed by atoms with Crippen LogP contribution >= 0.6 is 23.2 Å². The first-order valence-corrected chi connectivity index (χ1v) is 10.5. The van der Waals surface area contributed by atoms with Crippen LogP contribution < -0.4 is 5.32 Å². The molecular formula is C23H28Cl2N2O2. The SMILES string of the molecule is Cc1ccc(CC(=O)N(Cc2c(Cl)cccc2Cl)C(C)C(=O)NCC(C)C)cc1. The van der Waals surface area contributed by atoms with E-state index in [9.17, 15) is 9.59 Å². The molecule has 0 aromatic heterocycles. The van der Waals surface area contributed by atoms with Gasteiger partial charge in [0.1, 0.15) is 6.04 Å². The van der Waals surface area contributed by atoms with Crippen molar-refractivity contribution in [3.05, 3.63) is 69.2 Å². The molecule has 0 aliphatic rings. The Kier molecular flexibility index (Phi) is 8.54. The molecule has 0 aliphatic carbocycles. The zero-order valence-corrected chi connectivity index (χ0v) is 18.8. The van der Waals surface area contributed by atoms with Crippen molar-refractivity contribution in [1.82, 2.24) is 10.2 Å². The fourth-order valence-electron chi connectivity index (χ4n) is 2.87. The Labute approximate surface area is 183 Å². The fourth-order valence-corrected chi connectivity index (χ4v) is 3.39. The van der Waals surface area contributed by atoms with Crippen molar-refractivity contribution in [3.63, 3.8) is 0 Å². The molecule has 0 bridgehead atoms. The smallest absolute Gasteiger partial charge is 0.242 e. The second-order valence-electron chi connectivity index (χ2n) is 7.70. The van der Waals surface area contributed by atoms with Crippen LogP contribution in [0.4, 0.5) is 0 Å². The lowest BCUT2D eigenvalue weighted by molar-refractivity contribution is -0.140. The largest absolute Gasteiger partial charge is 0.354 e. The van der Waals surface area contributed by atoms with Gasteiger partial charge in [0.2, 0.25) is 11.8 Å². The lowest BCUT2D eigenvalue weighted by atomic mass is 10.1. The summed E-state index contributed by atoms with van der Waals surface area (Å²) in [4.78, 5) is 27.4. The molecule has 1 unspecified atom stereocenters. The quantitative estimate of drug-likeness (QED) is 0.632. The van der Waals surface area contributed by atoms with E-state index in [1.165, 1.54) is 0 Å². The summed E-state index contributed by atoms with van der Waals surface area (Å²) in [5.41, 5.74) is 2.66. The van der Waals surface area contributed by atoms with Gasteiger partial charge in [-0.25, -0.2) is 0 Å². The summed E-state index contributed by atoms with van der Waals surface area (Å²) in [6, 6.07) is 12.4. The van der Waals surface area contributed by atoms with Gasteiger partial charge in [0.15, 0.2) is 0 Å². The molecule has 4 nitrogen and oxygen atoms in total. The highest BCUT2D eigenvalue weighted by Gasteiger charge is 2.27. The molecule has 1 atom stereocenters. The maximum Gasteiger partial charge on any atom is 0.242 e. The topological polar surface area (TPSA) is 49.4 Å². The lowest BCUT2D eigenvalue weighted by Gasteiger charge is -2.29. The van der Waals surface area contributed by atoms with Crippen molar-refractivity contribution in [3.8, 4) is 0 Å². The van der Waals surface area contributed by atoms with Gasteiger partial charge < -0.3 is 10.2 Å². The summed E-state index contributed by atoms with van der Waals surface area (Å²) < 4.78 is 0. The number of aryl methyl sites for hydroxylation is 1. The number of carbonyl (C=O) groups excluding carboxylic acids is 2. The second kappa shape index (κ2) is 10.7. The molecule has 29 heavy (non-hydrogen) atoms. The molecule has 1 N–H and O–H groups in total. The summed E-state index contributed by atoms with van der Waals surface area (Å²) >= 11 is 12.6. The van der Waals surface area contributed by atoms with Crippen LogP contribution in [0.3, 0.4) is 0 Å². The number of nitrogens with one attached hydrogen (secondary N) is 1. The summed E-state index contributed by atoms with van der Waals surface area (Å²) in [6.45, 7) is 8.49. The summed E-state index contributed by atoms with van der Waals surface area (Å²) in [6.07, 6.45) is 0.199. The van der Waals surface area contributed by atoms with Crippen molar-refractivity contribution < 1.29 is 9.59 Å². The predicted molar refractivity (Wildman–Crippen MR) is 119 cm³/mol. The number of carbonyl (C=O) groups is 2. The second-order valence-corrected chi connectivity index (χ2v) is 8.51. The monoisotopic (exact) mass is 434 g/mol. The van der Waals surface area contributed by atoms with Crippen molar-refractivity contribution >= 4 is 35.0 Å². The average molecular weight is 435 g/mol. The average Bonchev–Trinajstić information content (AvgIpc) is 2.67. The standard InChI is InChI=1S/C23H28Cl2N2O2/c1-15(2)13-26-23(29)17(4)27(14-19-20(24)6-5-7-21(19)25)22(28)12-18-10-8-16(3)9-11-18/h5-11,15,17H,12-14H2,1-4H3,(H,26,29). The van der Waals surface area contributed by atoms with E-state index in [4.69, 9.17) is 23.2 Å². The third-order valence-electron chi connectivity index (χ3n) is 4.72. The normalized spacial score (nSPS) is 12.0. The highest BCUT2D eigenvalue weighted by atomic mass is 35.5. The third-order valence-corrected chi connectivity index (χ3v) is 5.43. The Morgan fingerprint density at radius 3 is 2.14 bits per heavy atom. The van der Waals surface area contributed by atoms with Crippen LogP contribution in [-0.2, 0) is 22.6 Å². The van der Waals surface area contributed by atoms with E-state index in [1.54, 1.807) is 30.0 Å². The number of benzene rings is 2. The fraction of sp³-hybridized carbons (Fsp3) is 0.391. The molecule has 2 rings (SSSR count). The molecule has 2 aromatic rings.